The van der Waals surface area contributed by atoms with Crippen LogP contribution in [0.25, 0.3) is 10.9 Å². The molecule has 0 aliphatic heterocycles. The number of allylic oxidation sites excluding steroid dienone is 2. The van der Waals surface area contributed by atoms with Crippen LogP contribution in [0.5, 0.6) is 0 Å². The van der Waals surface area contributed by atoms with Crippen molar-refractivity contribution in [3.05, 3.63) is 53.7 Å². The quantitative estimate of drug-likeness (QED) is 0.783. The highest BCUT2D eigenvalue weighted by molar-refractivity contribution is 5.93. The second kappa shape index (κ2) is 4.13. The summed E-state index contributed by atoms with van der Waals surface area (Å²) in [5.41, 5.74) is 3.28. The molecule has 0 amide bonds. The first-order chi connectivity index (χ1) is 8.31. The zero-order valence-electron chi connectivity index (χ0n) is 9.52. The van der Waals surface area contributed by atoms with E-state index < -0.39 is 0 Å². The SMILES string of the molecule is O=C1C=C(Cc2ccc3ccccc3n2)CC1. The topological polar surface area (TPSA) is 30.0 Å². The number of para-hydroxylation sites is 1. The number of carbonyl (C=O) groups is 1. The number of fused-ring (bicyclic) bond motifs is 1. The molecule has 0 radical (unpaired) electrons. The summed E-state index contributed by atoms with van der Waals surface area (Å²) < 4.78 is 0. The minimum atomic E-state index is 0.251. The second-order valence-electron chi connectivity index (χ2n) is 4.44. The van der Waals surface area contributed by atoms with Crippen LogP contribution < -0.4 is 0 Å². The largest absolute Gasteiger partial charge is 0.295 e. The molecule has 2 nitrogen and oxygen atoms in total. The summed E-state index contributed by atoms with van der Waals surface area (Å²) >= 11 is 0. The Bertz CT molecular complexity index is 613. The van der Waals surface area contributed by atoms with Crippen molar-refractivity contribution in [3.63, 3.8) is 0 Å². The van der Waals surface area contributed by atoms with Gasteiger partial charge in [0, 0.05) is 23.9 Å². The van der Waals surface area contributed by atoms with E-state index in [4.69, 9.17) is 0 Å². The van der Waals surface area contributed by atoms with E-state index in [1.54, 1.807) is 6.08 Å². The standard InChI is InChI=1S/C15H13NO/c17-14-8-5-11(10-14)9-13-7-6-12-3-1-2-4-15(12)16-13/h1-4,6-7,10H,5,8-9H2. The molecule has 0 spiro atoms. The van der Waals surface area contributed by atoms with Crippen molar-refractivity contribution in [1.82, 2.24) is 4.98 Å². The van der Waals surface area contributed by atoms with Crippen LogP contribution in [-0.2, 0) is 11.2 Å². The third-order valence-electron chi connectivity index (χ3n) is 3.12. The van der Waals surface area contributed by atoms with Crippen LogP contribution in [0.3, 0.4) is 0 Å². The Labute approximate surface area is 100.0 Å². The number of rotatable bonds is 2. The second-order valence-corrected chi connectivity index (χ2v) is 4.44. The van der Waals surface area contributed by atoms with Crippen molar-refractivity contribution >= 4 is 16.7 Å². The lowest BCUT2D eigenvalue weighted by atomic mass is 10.1. The third kappa shape index (κ3) is 2.11. The highest BCUT2D eigenvalue weighted by atomic mass is 16.1. The van der Waals surface area contributed by atoms with Gasteiger partial charge in [0.1, 0.15) is 0 Å². The fourth-order valence-electron chi connectivity index (χ4n) is 2.23. The van der Waals surface area contributed by atoms with Crippen molar-refractivity contribution in [2.24, 2.45) is 0 Å². The summed E-state index contributed by atoms with van der Waals surface area (Å²) in [6.07, 6.45) is 4.14. The number of hydrogen-bond donors (Lipinski definition) is 0. The van der Waals surface area contributed by atoms with Gasteiger partial charge in [-0.1, -0.05) is 29.8 Å². The van der Waals surface area contributed by atoms with Gasteiger partial charge in [0.2, 0.25) is 0 Å². The molecule has 3 rings (SSSR count). The van der Waals surface area contributed by atoms with E-state index in [-0.39, 0.29) is 5.78 Å². The Morgan fingerprint density at radius 3 is 2.76 bits per heavy atom. The molecule has 2 heteroatoms. The molecule has 1 aliphatic rings. The Balaban J connectivity index is 1.91. The monoisotopic (exact) mass is 223 g/mol. The summed E-state index contributed by atoms with van der Waals surface area (Å²) in [5, 5.41) is 1.16. The molecule has 0 saturated carbocycles. The smallest absolute Gasteiger partial charge is 0.155 e. The molecular formula is C15H13NO. The molecule has 0 N–H and O–H groups in total. The van der Waals surface area contributed by atoms with E-state index in [0.717, 1.165) is 29.4 Å². The summed E-state index contributed by atoms with van der Waals surface area (Å²) in [7, 11) is 0. The van der Waals surface area contributed by atoms with Crippen LogP contribution in [0.1, 0.15) is 18.5 Å². The van der Waals surface area contributed by atoms with E-state index in [0.29, 0.717) is 6.42 Å². The van der Waals surface area contributed by atoms with Gasteiger partial charge in [-0.2, -0.15) is 0 Å². The molecule has 0 saturated heterocycles. The van der Waals surface area contributed by atoms with Gasteiger partial charge in [0.25, 0.3) is 0 Å². The predicted octanol–water partition coefficient (Wildman–Crippen LogP) is 3.07. The Kier molecular flexibility index (Phi) is 2.48. The normalized spacial score (nSPS) is 15.3. The van der Waals surface area contributed by atoms with Crippen LogP contribution in [0.4, 0.5) is 0 Å². The lowest BCUT2D eigenvalue weighted by Crippen LogP contribution is -1.92. The van der Waals surface area contributed by atoms with E-state index in [1.165, 1.54) is 5.57 Å². The zero-order valence-corrected chi connectivity index (χ0v) is 9.52. The average Bonchev–Trinajstić information content (AvgIpc) is 2.75. The van der Waals surface area contributed by atoms with Crippen LogP contribution in [0, 0.1) is 0 Å². The molecule has 1 aliphatic carbocycles. The minimum Gasteiger partial charge on any atom is -0.295 e. The van der Waals surface area contributed by atoms with E-state index in [2.05, 4.69) is 17.1 Å². The number of pyridine rings is 1. The lowest BCUT2D eigenvalue weighted by molar-refractivity contribution is -0.114. The van der Waals surface area contributed by atoms with Gasteiger partial charge < -0.3 is 0 Å². The molecule has 1 aromatic carbocycles. The number of aromatic nitrogens is 1. The zero-order chi connectivity index (χ0) is 11.7. The van der Waals surface area contributed by atoms with Gasteiger partial charge in [0.15, 0.2) is 5.78 Å². The molecule has 84 valence electrons. The van der Waals surface area contributed by atoms with Crippen LogP contribution >= 0.6 is 0 Å². The van der Waals surface area contributed by atoms with Crippen molar-refractivity contribution < 1.29 is 4.79 Å². The van der Waals surface area contributed by atoms with E-state index in [1.807, 2.05) is 24.3 Å². The minimum absolute atomic E-state index is 0.251. The summed E-state index contributed by atoms with van der Waals surface area (Å²) in [6, 6.07) is 12.2. The van der Waals surface area contributed by atoms with Gasteiger partial charge in [-0.15, -0.1) is 0 Å². The summed E-state index contributed by atoms with van der Waals surface area (Å²) in [6.45, 7) is 0. The lowest BCUT2D eigenvalue weighted by Gasteiger charge is -2.03. The first-order valence-electron chi connectivity index (χ1n) is 5.88. The number of benzene rings is 1. The van der Waals surface area contributed by atoms with Crippen molar-refractivity contribution in [2.45, 2.75) is 19.3 Å². The number of nitrogens with zero attached hydrogens (tertiary/aromatic N) is 1. The predicted molar refractivity (Wildman–Crippen MR) is 67.8 cm³/mol. The van der Waals surface area contributed by atoms with Gasteiger partial charge >= 0.3 is 0 Å². The van der Waals surface area contributed by atoms with Crippen LogP contribution in [-0.4, -0.2) is 10.8 Å². The number of ketones is 1. The molecule has 1 heterocycles. The molecule has 0 atom stereocenters. The Hall–Kier alpha value is -1.96. The number of hydrogen-bond acceptors (Lipinski definition) is 2. The summed E-state index contributed by atoms with van der Waals surface area (Å²) in [5.74, 6) is 0.251. The molecule has 17 heavy (non-hydrogen) atoms. The third-order valence-corrected chi connectivity index (χ3v) is 3.12. The molecular weight excluding hydrogens is 210 g/mol. The maximum Gasteiger partial charge on any atom is 0.155 e. The van der Waals surface area contributed by atoms with E-state index in [9.17, 15) is 4.79 Å². The fraction of sp³-hybridized carbons (Fsp3) is 0.200. The summed E-state index contributed by atoms with van der Waals surface area (Å²) in [4.78, 5) is 15.8. The first kappa shape index (κ1) is 10.2. The highest BCUT2D eigenvalue weighted by Crippen LogP contribution is 2.20. The van der Waals surface area contributed by atoms with Gasteiger partial charge in [-0.3, -0.25) is 9.78 Å². The highest BCUT2D eigenvalue weighted by Gasteiger charge is 2.12. The molecule has 0 fully saturated rings. The van der Waals surface area contributed by atoms with E-state index >= 15 is 0 Å². The van der Waals surface area contributed by atoms with Crippen molar-refractivity contribution in [1.29, 1.82) is 0 Å². The molecule has 2 aromatic rings. The number of carbonyl (C=O) groups excluding carboxylic acids is 1. The molecule has 0 unspecified atom stereocenters. The first-order valence-corrected chi connectivity index (χ1v) is 5.88. The maximum absolute atomic E-state index is 11.2. The average molecular weight is 223 g/mol. The Morgan fingerprint density at radius 2 is 1.94 bits per heavy atom. The fourth-order valence-corrected chi connectivity index (χ4v) is 2.23. The molecule has 1 aromatic heterocycles. The maximum atomic E-state index is 11.2. The van der Waals surface area contributed by atoms with Crippen LogP contribution in [0.15, 0.2) is 48.0 Å². The van der Waals surface area contributed by atoms with Gasteiger partial charge in [0.05, 0.1) is 5.52 Å². The van der Waals surface area contributed by atoms with Crippen LogP contribution in [0.2, 0.25) is 0 Å². The van der Waals surface area contributed by atoms with Crippen molar-refractivity contribution in [2.75, 3.05) is 0 Å². The molecule has 0 bridgehead atoms. The van der Waals surface area contributed by atoms with Crippen molar-refractivity contribution in [3.8, 4) is 0 Å². The Morgan fingerprint density at radius 1 is 1.06 bits per heavy atom. The van der Waals surface area contributed by atoms with Gasteiger partial charge in [-0.05, 0) is 24.6 Å². The van der Waals surface area contributed by atoms with Gasteiger partial charge in [-0.25, -0.2) is 0 Å².